The van der Waals surface area contributed by atoms with Crippen molar-refractivity contribution in [3.8, 4) is 0 Å². The number of nitrogens with zero attached hydrogens (tertiary/aromatic N) is 2. The molecule has 1 heterocycles. The number of nitrogen functional groups attached to an aromatic ring is 1. The van der Waals surface area contributed by atoms with Crippen LogP contribution in [0.15, 0.2) is 36.5 Å². The summed E-state index contributed by atoms with van der Waals surface area (Å²) in [5.74, 6) is -0.336. The van der Waals surface area contributed by atoms with Crippen LogP contribution in [0.2, 0.25) is 0 Å². The van der Waals surface area contributed by atoms with Crippen LogP contribution in [-0.4, -0.2) is 33.4 Å². The summed E-state index contributed by atoms with van der Waals surface area (Å²) in [5.41, 5.74) is 7.37. The normalized spacial score (nSPS) is 12.1. The molecule has 1 amide bonds. The number of benzene rings is 1. The molecule has 0 aliphatic heterocycles. The molecule has 2 rings (SSSR count). The van der Waals surface area contributed by atoms with Crippen LogP contribution in [0.5, 0.6) is 0 Å². The predicted molar refractivity (Wildman–Crippen MR) is 76.1 cm³/mol. The molecule has 106 valence electrons. The van der Waals surface area contributed by atoms with Gasteiger partial charge in [-0.05, 0) is 12.0 Å². The van der Waals surface area contributed by atoms with E-state index in [0.29, 0.717) is 17.8 Å². The van der Waals surface area contributed by atoms with Gasteiger partial charge in [-0.25, -0.2) is 0 Å². The van der Waals surface area contributed by atoms with E-state index in [-0.39, 0.29) is 18.6 Å². The van der Waals surface area contributed by atoms with Crippen molar-refractivity contribution >= 4 is 11.6 Å². The van der Waals surface area contributed by atoms with E-state index in [1.165, 1.54) is 10.9 Å². The summed E-state index contributed by atoms with van der Waals surface area (Å²) < 4.78 is 1.42. The quantitative estimate of drug-likeness (QED) is 0.732. The largest absolute Gasteiger partial charge is 0.396 e. The minimum Gasteiger partial charge on any atom is -0.396 e. The molecule has 0 saturated heterocycles. The zero-order valence-electron chi connectivity index (χ0n) is 11.3. The van der Waals surface area contributed by atoms with Gasteiger partial charge in [0, 0.05) is 7.05 Å². The van der Waals surface area contributed by atoms with Crippen LogP contribution in [0.4, 0.5) is 5.69 Å². The predicted octanol–water partition coefficient (Wildman–Crippen LogP) is 0.336. The van der Waals surface area contributed by atoms with Crippen molar-refractivity contribution in [2.45, 2.75) is 12.5 Å². The number of aliphatic hydroxyl groups excluding tert-OH is 1. The third kappa shape index (κ3) is 3.16. The third-order valence-electron chi connectivity index (χ3n) is 3.06. The molecule has 1 aromatic heterocycles. The van der Waals surface area contributed by atoms with Gasteiger partial charge in [-0.1, -0.05) is 30.3 Å². The second-order valence-corrected chi connectivity index (χ2v) is 4.61. The Balaban J connectivity index is 2.05. The zero-order valence-corrected chi connectivity index (χ0v) is 11.3. The van der Waals surface area contributed by atoms with Gasteiger partial charge >= 0.3 is 0 Å². The Morgan fingerprint density at radius 1 is 1.45 bits per heavy atom. The summed E-state index contributed by atoms with van der Waals surface area (Å²) in [7, 11) is 1.65. The molecule has 1 atom stereocenters. The van der Waals surface area contributed by atoms with Crippen molar-refractivity contribution in [2.24, 2.45) is 7.05 Å². The number of aryl methyl sites for hydroxylation is 1. The van der Waals surface area contributed by atoms with Crippen molar-refractivity contribution in [2.75, 3.05) is 12.3 Å². The lowest BCUT2D eigenvalue weighted by molar-refractivity contribution is 0.0908. The van der Waals surface area contributed by atoms with Crippen LogP contribution >= 0.6 is 0 Å². The highest BCUT2D eigenvalue weighted by Gasteiger charge is 2.18. The Hall–Kier alpha value is -2.34. The molecule has 0 fully saturated rings. The minimum atomic E-state index is -0.362. The smallest absolute Gasteiger partial charge is 0.271 e. The first-order valence-corrected chi connectivity index (χ1v) is 6.35. The van der Waals surface area contributed by atoms with E-state index in [1.54, 1.807) is 7.05 Å². The first-order chi connectivity index (χ1) is 9.61. The maximum atomic E-state index is 12.1. The number of hydrogen-bond donors (Lipinski definition) is 3. The van der Waals surface area contributed by atoms with Crippen LogP contribution < -0.4 is 11.1 Å². The summed E-state index contributed by atoms with van der Waals surface area (Å²) in [4.78, 5) is 12.1. The molecule has 4 N–H and O–H groups in total. The SMILES string of the molecule is Cn1ncc(N)c1C(=O)NC(CO)Cc1ccccc1. The van der Waals surface area contributed by atoms with Crippen molar-refractivity contribution in [3.05, 3.63) is 47.8 Å². The number of nitrogens with two attached hydrogens (primary N) is 1. The molecule has 1 aromatic carbocycles. The Morgan fingerprint density at radius 3 is 2.70 bits per heavy atom. The van der Waals surface area contributed by atoms with E-state index in [9.17, 15) is 9.90 Å². The van der Waals surface area contributed by atoms with Gasteiger partial charge in [-0.3, -0.25) is 9.48 Å². The fourth-order valence-corrected chi connectivity index (χ4v) is 2.05. The van der Waals surface area contributed by atoms with Crippen molar-refractivity contribution < 1.29 is 9.90 Å². The molecule has 0 bridgehead atoms. The highest BCUT2D eigenvalue weighted by Crippen LogP contribution is 2.10. The molecular formula is C14H18N4O2. The molecule has 20 heavy (non-hydrogen) atoms. The molecule has 0 spiro atoms. The highest BCUT2D eigenvalue weighted by atomic mass is 16.3. The van der Waals surface area contributed by atoms with Gasteiger partial charge in [0.2, 0.25) is 0 Å². The van der Waals surface area contributed by atoms with E-state index >= 15 is 0 Å². The number of aromatic nitrogens is 2. The van der Waals surface area contributed by atoms with E-state index < -0.39 is 0 Å². The average Bonchev–Trinajstić information content (AvgIpc) is 2.78. The standard InChI is InChI=1S/C14H18N4O2/c1-18-13(12(15)8-16-18)14(20)17-11(9-19)7-10-5-3-2-4-6-10/h2-6,8,11,19H,7,9,15H2,1H3,(H,17,20). The van der Waals surface area contributed by atoms with Crippen molar-refractivity contribution in [1.82, 2.24) is 15.1 Å². The number of anilines is 1. The fraction of sp³-hybridized carbons (Fsp3) is 0.286. The molecule has 2 aromatic rings. The molecule has 0 radical (unpaired) electrons. The van der Waals surface area contributed by atoms with Gasteiger partial charge in [0.1, 0.15) is 5.69 Å². The molecule has 0 saturated carbocycles. The lowest BCUT2D eigenvalue weighted by Gasteiger charge is -2.16. The van der Waals surface area contributed by atoms with Gasteiger partial charge in [-0.2, -0.15) is 5.10 Å². The number of hydrogen-bond acceptors (Lipinski definition) is 4. The maximum absolute atomic E-state index is 12.1. The van der Waals surface area contributed by atoms with Crippen LogP contribution in [0, 0.1) is 0 Å². The number of carbonyl (C=O) groups excluding carboxylic acids is 1. The maximum Gasteiger partial charge on any atom is 0.271 e. The van der Waals surface area contributed by atoms with E-state index in [0.717, 1.165) is 5.56 Å². The second kappa shape index (κ2) is 6.21. The summed E-state index contributed by atoms with van der Waals surface area (Å²) in [6, 6.07) is 9.31. The Bertz CT molecular complexity index is 561. The van der Waals surface area contributed by atoms with E-state index in [4.69, 9.17) is 5.73 Å². The second-order valence-electron chi connectivity index (χ2n) is 4.61. The lowest BCUT2D eigenvalue weighted by Crippen LogP contribution is -2.40. The molecular weight excluding hydrogens is 256 g/mol. The van der Waals surface area contributed by atoms with E-state index in [2.05, 4.69) is 10.4 Å². The van der Waals surface area contributed by atoms with Crippen LogP contribution in [0.25, 0.3) is 0 Å². The van der Waals surface area contributed by atoms with Gasteiger partial charge in [0.05, 0.1) is 24.5 Å². The number of carbonyl (C=O) groups is 1. The molecule has 0 aliphatic carbocycles. The number of aliphatic hydroxyl groups is 1. The van der Waals surface area contributed by atoms with Crippen LogP contribution in [0.3, 0.4) is 0 Å². The fourth-order valence-electron chi connectivity index (χ4n) is 2.05. The molecule has 0 aliphatic rings. The highest BCUT2D eigenvalue weighted by molar-refractivity contribution is 5.97. The summed E-state index contributed by atoms with van der Waals surface area (Å²) in [6.45, 7) is -0.140. The molecule has 1 unspecified atom stereocenters. The minimum absolute atomic E-state index is 0.140. The average molecular weight is 274 g/mol. The molecule has 6 nitrogen and oxygen atoms in total. The summed E-state index contributed by atoms with van der Waals surface area (Å²) in [6.07, 6.45) is 1.99. The Labute approximate surface area is 117 Å². The first kappa shape index (κ1) is 14.1. The zero-order chi connectivity index (χ0) is 14.5. The molecule has 6 heteroatoms. The summed E-state index contributed by atoms with van der Waals surface area (Å²) in [5, 5.41) is 16.1. The van der Waals surface area contributed by atoms with Crippen LogP contribution in [0.1, 0.15) is 16.1 Å². The number of amides is 1. The van der Waals surface area contributed by atoms with Gasteiger partial charge in [0.15, 0.2) is 0 Å². The van der Waals surface area contributed by atoms with E-state index in [1.807, 2.05) is 30.3 Å². The van der Waals surface area contributed by atoms with Gasteiger partial charge < -0.3 is 16.2 Å². The van der Waals surface area contributed by atoms with Crippen molar-refractivity contribution in [3.63, 3.8) is 0 Å². The first-order valence-electron chi connectivity index (χ1n) is 6.35. The number of rotatable bonds is 5. The lowest BCUT2D eigenvalue weighted by atomic mass is 10.1. The number of nitrogens with one attached hydrogen (secondary N) is 1. The Kier molecular flexibility index (Phi) is 4.37. The van der Waals surface area contributed by atoms with Gasteiger partial charge in [-0.15, -0.1) is 0 Å². The van der Waals surface area contributed by atoms with Gasteiger partial charge in [0.25, 0.3) is 5.91 Å². The van der Waals surface area contributed by atoms with Crippen LogP contribution in [-0.2, 0) is 13.5 Å². The topological polar surface area (TPSA) is 93.2 Å². The monoisotopic (exact) mass is 274 g/mol. The third-order valence-corrected chi connectivity index (χ3v) is 3.06. The summed E-state index contributed by atoms with van der Waals surface area (Å²) >= 11 is 0. The van der Waals surface area contributed by atoms with Crippen molar-refractivity contribution in [1.29, 1.82) is 0 Å². The Morgan fingerprint density at radius 2 is 2.15 bits per heavy atom.